The Bertz CT molecular complexity index is 621. The summed E-state index contributed by atoms with van der Waals surface area (Å²) in [5, 5.41) is 0. The summed E-state index contributed by atoms with van der Waals surface area (Å²) in [6.07, 6.45) is 3.99. The van der Waals surface area contributed by atoms with Gasteiger partial charge in [-0.1, -0.05) is 39.3 Å². The zero-order valence-corrected chi connectivity index (χ0v) is 13.8. The van der Waals surface area contributed by atoms with E-state index in [4.69, 9.17) is 4.98 Å². The fourth-order valence-corrected chi connectivity index (χ4v) is 3.42. The van der Waals surface area contributed by atoms with Crippen LogP contribution in [0.1, 0.15) is 45.9 Å². The third-order valence-corrected chi connectivity index (χ3v) is 4.64. The molecule has 0 bridgehead atoms. The van der Waals surface area contributed by atoms with Crippen LogP contribution < -0.4 is 0 Å². The topological polar surface area (TPSA) is 21.1 Å². The van der Waals surface area contributed by atoms with Gasteiger partial charge in [-0.3, -0.25) is 0 Å². The highest BCUT2D eigenvalue weighted by molar-refractivity contribution is 5.76. The first-order chi connectivity index (χ1) is 9.97. The first-order valence-corrected chi connectivity index (χ1v) is 8.13. The van der Waals surface area contributed by atoms with Crippen molar-refractivity contribution in [1.82, 2.24) is 14.5 Å². The Morgan fingerprint density at radius 3 is 2.67 bits per heavy atom. The lowest BCUT2D eigenvalue weighted by Crippen LogP contribution is -2.40. The second kappa shape index (κ2) is 5.45. The van der Waals surface area contributed by atoms with Crippen molar-refractivity contribution in [1.29, 1.82) is 0 Å². The van der Waals surface area contributed by atoms with Crippen molar-refractivity contribution in [3.05, 3.63) is 30.1 Å². The highest BCUT2D eigenvalue weighted by Gasteiger charge is 2.26. The summed E-state index contributed by atoms with van der Waals surface area (Å²) in [5.74, 6) is 1.21. The van der Waals surface area contributed by atoms with E-state index >= 15 is 0 Å². The number of para-hydroxylation sites is 2. The number of imidazole rings is 1. The number of rotatable bonds is 2. The molecule has 0 aliphatic carbocycles. The Morgan fingerprint density at radius 1 is 1.19 bits per heavy atom. The molecule has 0 amide bonds. The van der Waals surface area contributed by atoms with Crippen molar-refractivity contribution in [3.8, 4) is 0 Å². The second-order valence-corrected chi connectivity index (χ2v) is 7.41. The molecular formula is C18H27N3. The van der Waals surface area contributed by atoms with E-state index in [1.54, 1.807) is 0 Å². The lowest BCUT2D eigenvalue weighted by atomic mass is 9.95. The molecule has 1 atom stereocenters. The van der Waals surface area contributed by atoms with Crippen molar-refractivity contribution in [2.45, 2.75) is 58.0 Å². The van der Waals surface area contributed by atoms with E-state index in [0.29, 0.717) is 6.04 Å². The van der Waals surface area contributed by atoms with Crippen molar-refractivity contribution < 1.29 is 0 Å². The lowest BCUT2D eigenvalue weighted by molar-refractivity contribution is 0.166. The van der Waals surface area contributed by atoms with Crippen LogP contribution in [0.3, 0.4) is 0 Å². The molecule has 1 fully saturated rings. The Kier molecular flexibility index (Phi) is 3.78. The molecule has 1 aliphatic heterocycles. The van der Waals surface area contributed by atoms with Crippen molar-refractivity contribution in [3.63, 3.8) is 0 Å². The minimum Gasteiger partial charge on any atom is -0.326 e. The molecule has 1 aromatic carbocycles. The molecular weight excluding hydrogens is 258 g/mol. The van der Waals surface area contributed by atoms with Crippen molar-refractivity contribution in [2.75, 3.05) is 13.6 Å². The highest BCUT2D eigenvalue weighted by atomic mass is 15.2. The van der Waals surface area contributed by atoms with Gasteiger partial charge in [0.15, 0.2) is 0 Å². The first-order valence-electron chi connectivity index (χ1n) is 8.13. The summed E-state index contributed by atoms with van der Waals surface area (Å²) < 4.78 is 2.46. The monoisotopic (exact) mass is 285 g/mol. The van der Waals surface area contributed by atoms with Gasteiger partial charge in [0.1, 0.15) is 5.82 Å². The summed E-state index contributed by atoms with van der Waals surface area (Å²) >= 11 is 0. The van der Waals surface area contributed by atoms with Crippen LogP contribution in [0.4, 0.5) is 0 Å². The van der Waals surface area contributed by atoms with E-state index in [9.17, 15) is 0 Å². The van der Waals surface area contributed by atoms with Gasteiger partial charge < -0.3 is 9.47 Å². The molecule has 1 aromatic heterocycles. The molecule has 1 unspecified atom stereocenters. The van der Waals surface area contributed by atoms with E-state index in [-0.39, 0.29) is 5.41 Å². The number of fused-ring (bicyclic) bond motifs is 1. The molecule has 3 heteroatoms. The van der Waals surface area contributed by atoms with Gasteiger partial charge in [-0.15, -0.1) is 0 Å². The summed E-state index contributed by atoms with van der Waals surface area (Å²) in [7, 11) is 2.26. The third-order valence-electron chi connectivity index (χ3n) is 4.64. The molecule has 0 radical (unpaired) electrons. The lowest BCUT2D eigenvalue weighted by Gasteiger charge is -2.34. The van der Waals surface area contributed by atoms with Crippen LogP contribution in [0.25, 0.3) is 11.0 Å². The van der Waals surface area contributed by atoms with Gasteiger partial charge in [0, 0.05) is 18.0 Å². The number of nitrogens with zero attached hydrogens (tertiary/aromatic N) is 3. The number of likely N-dealkylation sites (tertiary alicyclic amines) is 1. The quantitative estimate of drug-likeness (QED) is 0.836. The maximum Gasteiger partial charge on any atom is 0.115 e. The summed E-state index contributed by atoms with van der Waals surface area (Å²) in [6, 6.07) is 9.18. The molecule has 0 N–H and O–H groups in total. The Hall–Kier alpha value is -1.35. The first kappa shape index (κ1) is 14.6. The largest absolute Gasteiger partial charge is 0.326 e. The van der Waals surface area contributed by atoms with Crippen LogP contribution in [0, 0.1) is 0 Å². The maximum absolute atomic E-state index is 4.92. The average molecular weight is 285 g/mol. The highest BCUT2D eigenvalue weighted by Crippen LogP contribution is 2.28. The Labute approximate surface area is 128 Å². The SMILES string of the molecule is CN1CCCCC1Cn1c(C(C)(C)C)nc2ccccc21. The second-order valence-electron chi connectivity index (χ2n) is 7.41. The van der Waals surface area contributed by atoms with Gasteiger partial charge in [0.2, 0.25) is 0 Å². The molecule has 2 aromatic rings. The molecule has 3 rings (SSSR count). The minimum atomic E-state index is 0.0757. The van der Waals surface area contributed by atoms with Crippen LogP contribution in [-0.4, -0.2) is 34.1 Å². The van der Waals surface area contributed by atoms with Gasteiger partial charge >= 0.3 is 0 Å². The molecule has 3 nitrogen and oxygen atoms in total. The van der Waals surface area contributed by atoms with Gasteiger partial charge in [0.25, 0.3) is 0 Å². The zero-order valence-electron chi connectivity index (χ0n) is 13.8. The maximum atomic E-state index is 4.92. The molecule has 0 saturated carbocycles. The van der Waals surface area contributed by atoms with Crippen molar-refractivity contribution in [2.24, 2.45) is 0 Å². The Morgan fingerprint density at radius 2 is 1.95 bits per heavy atom. The molecule has 1 aliphatic rings. The number of aromatic nitrogens is 2. The number of hydrogen-bond donors (Lipinski definition) is 0. The average Bonchev–Trinajstić information content (AvgIpc) is 2.80. The predicted octanol–water partition coefficient (Wildman–Crippen LogP) is 3.82. The van der Waals surface area contributed by atoms with Gasteiger partial charge in [-0.25, -0.2) is 4.98 Å². The fourth-order valence-electron chi connectivity index (χ4n) is 3.42. The third kappa shape index (κ3) is 2.84. The van der Waals surface area contributed by atoms with E-state index in [1.165, 1.54) is 37.1 Å². The summed E-state index contributed by atoms with van der Waals surface area (Å²) in [5.41, 5.74) is 2.48. The molecule has 0 spiro atoms. The standard InChI is InChI=1S/C18H27N3/c1-18(2,3)17-19-15-10-5-6-11-16(15)21(17)13-14-9-7-8-12-20(14)4/h5-6,10-11,14H,7-9,12-13H2,1-4H3. The number of hydrogen-bond acceptors (Lipinski definition) is 2. The number of likely N-dealkylation sites (N-methyl/N-ethyl adjacent to an activating group) is 1. The predicted molar refractivity (Wildman–Crippen MR) is 88.7 cm³/mol. The zero-order chi connectivity index (χ0) is 15.0. The fraction of sp³-hybridized carbons (Fsp3) is 0.611. The molecule has 114 valence electrons. The summed E-state index contributed by atoms with van der Waals surface area (Å²) in [6.45, 7) is 9.06. The molecule has 21 heavy (non-hydrogen) atoms. The van der Waals surface area contributed by atoms with Crippen molar-refractivity contribution >= 4 is 11.0 Å². The van der Waals surface area contributed by atoms with Gasteiger partial charge in [-0.2, -0.15) is 0 Å². The number of benzene rings is 1. The van der Waals surface area contributed by atoms with Crippen LogP contribution in [0.5, 0.6) is 0 Å². The van der Waals surface area contributed by atoms with Gasteiger partial charge in [0.05, 0.1) is 11.0 Å². The van der Waals surface area contributed by atoms with Crippen LogP contribution in [0.2, 0.25) is 0 Å². The Balaban J connectivity index is 2.03. The molecule has 1 saturated heterocycles. The van der Waals surface area contributed by atoms with Crippen LogP contribution in [-0.2, 0) is 12.0 Å². The smallest absolute Gasteiger partial charge is 0.115 e. The van der Waals surface area contributed by atoms with E-state index in [2.05, 4.69) is 61.6 Å². The van der Waals surface area contributed by atoms with E-state index < -0.39 is 0 Å². The minimum absolute atomic E-state index is 0.0757. The molecule has 2 heterocycles. The van der Waals surface area contributed by atoms with E-state index in [1.807, 2.05) is 0 Å². The number of piperidine rings is 1. The van der Waals surface area contributed by atoms with Crippen LogP contribution >= 0.6 is 0 Å². The normalized spacial score (nSPS) is 21.0. The van der Waals surface area contributed by atoms with Gasteiger partial charge in [-0.05, 0) is 38.6 Å². The summed E-state index contributed by atoms with van der Waals surface area (Å²) in [4.78, 5) is 7.44. The van der Waals surface area contributed by atoms with E-state index in [0.717, 1.165) is 12.1 Å². The van der Waals surface area contributed by atoms with Crippen LogP contribution in [0.15, 0.2) is 24.3 Å².